The number of halogens is 1. The molecule has 2 heterocycles. The lowest BCUT2D eigenvalue weighted by Crippen LogP contribution is -2.38. The quantitative estimate of drug-likeness (QED) is 0.856. The molecule has 0 radical (unpaired) electrons. The van der Waals surface area contributed by atoms with Gasteiger partial charge in [0.25, 0.3) is 0 Å². The van der Waals surface area contributed by atoms with E-state index >= 15 is 0 Å². The van der Waals surface area contributed by atoms with Crippen LogP contribution in [0, 0.1) is 17.2 Å². The number of hydrogen-bond acceptors (Lipinski definition) is 3. The molecule has 4 heteroatoms. The smallest absolute Gasteiger partial charge is 0.101 e. The first-order chi connectivity index (χ1) is 10.3. The highest BCUT2D eigenvalue weighted by Crippen LogP contribution is 2.28. The van der Waals surface area contributed by atoms with Gasteiger partial charge >= 0.3 is 0 Å². The van der Waals surface area contributed by atoms with E-state index in [0.717, 1.165) is 24.7 Å². The third kappa shape index (κ3) is 3.51. The Hall–Kier alpha value is -1.24. The molecule has 0 spiro atoms. The predicted molar refractivity (Wildman–Crippen MR) is 86.8 cm³/mol. The van der Waals surface area contributed by atoms with Crippen molar-refractivity contribution in [2.24, 2.45) is 5.92 Å². The first-order valence-electron chi connectivity index (χ1n) is 7.93. The summed E-state index contributed by atoms with van der Waals surface area (Å²) < 4.78 is 0. The third-order valence-corrected chi connectivity index (χ3v) is 5.08. The molecule has 0 N–H and O–H groups in total. The second kappa shape index (κ2) is 6.68. The van der Waals surface area contributed by atoms with Gasteiger partial charge in [-0.05, 0) is 62.9 Å². The van der Waals surface area contributed by atoms with Gasteiger partial charge in [0.05, 0.1) is 10.6 Å². The monoisotopic (exact) mass is 303 g/mol. The number of likely N-dealkylation sites (tertiary alicyclic amines) is 1. The fourth-order valence-electron chi connectivity index (χ4n) is 3.50. The molecular weight excluding hydrogens is 282 g/mol. The molecule has 2 saturated heterocycles. The molecule has 3 nitrogen and oxygen atoms in total. The molecule has 2 aliphatic rings. The van der Waals surface area contributed by atoms with E-state index in [1.807, 2.05) is 18.2 Å². The number of nitriles is 1. The van der Waals surface area contributed by atoms with Gasteiger partial charge in [0, 0.05) is 25.3 Å². The molecular formula is C17H22ClN3. The first-order valence-corrected chi connectivity index (χ1v) is 8.31. The highest BCUT2D eigenvalue weighted by molar-refractivity contribution is 6.32. The van der Waals surface area contributed by atoms with Crippen molar-refractivity contribution >= 4 is 17.3 Å². The topological polar surface area (TPSA) is 30.3 Å². The van der Waals surface area contributed by atoms with E-state index in [1.165, 1.54) is 45.3 Å². The summed E-state index contributed by atoms with van der Waals surface area (Å²) in [5.74, 6) is 0.841. The molecule has 21 heavy (non-hydrogen) atoms. The lowest BCUT2D eigenvalue weighted by Gasteiger charge is -2.35. The Morgan fingerprint density at radius 2 is 1.86 bits per heavy atom. The molecule has 2 aliphatic heterocycles. The second-order valence-electron chi connectivity index (χ2n) is 6.21. The second-order valence-corrected chi connectivity index (χ2v) is 6.62. The Labute approximate surface area is 132 Å². The Morgan fingerprint density at radius 1 is 1.14 bits per heavy atom. The fourth-order valence-corrected chi connectivity index (χ4v) is 3.71. The van der Waals surface area contributed by atoms with Crippen molar-refractivity contribution in [3.63, 3.8) is 0 Å². The highest BCUT2D eigenvalue weighted by Gasteiger charge is 2.23. The zero-order chi connectivity index (χ0) is 14.7. The van der Waals surface area contributed by atoms with Gasteiger partial charge in [-0.3, -0.25) is 0 Å². The summed E-state index contributed by atoms with van der Waals surface area (Å²) >= 11 is 6.13. The minimum absolute atomic E-state index is 0.560. The van der Waals surface area contributed by atoms with Gasteiger partial charge in [-0.15, -0.1) is 0 Å². The van der Waals surface area contributed by atoms with E-state index < -0.39 is 0 Å². The lowest BCUT2D eigenvalue weighted by molar-refractivity contribution is 0.249. The van der Waals surface area contributed by atoms with Crippen LogP contribution in [0.5, 0.6) is 0 Å². The van der Waals surface area contributed by atoms with Crippen molar-refractivity contribution in [2.45, 2.75) is 25.7 Å². The van der Waals surface area contributed by atoms with E-state index in [1.54, 1.807) is 0 Å². The summed E-state index contributed by atoms with van der Waals surface area (Å²) in [5, 5.41) is 9.50. The summed E-state index contributed by atoms with van der Waals surface area (Å²) in [5.41, 5.74) is 1.71. The predicted octanol–water partition coefficient (Wildman–Crippen LogP) is 3.52. The van der Waals surface area contributed by atoms with Crippen LogP contribution in [0.2, 0.25) is 5.02 Å². The van der Waals surface area contributed by atoms with Crippen molar-refractivity contribution < 1.29 is 0 Å². The molecule has 0 aromatic heterocycles. The van der Waals surface area contributed by atoms with E-state index in [-0.39, 0.29) is 0 Å². The first kappa shape index (κ1) is 14.7. The molecule has 2 fully saturated rings. The molecule has 1 aromatic carbocycles. The zero-order valence-corrected chi connectivity index (χ0v) is 13.1. The Bertz CT molecular complexity index is 523. The van der Waals surface area contributed by atoms with Crippen LogP contribution < -0.4 is 4.90 Å². The summed E-state index contributed by atoms with van der Waals surface area (Å²) in [7, 11) is 0. The van der Waals surface area contributed by atoms with Crippen LogP contribution >= 0.6 is 11.6 Å². The standard InChI is InChI=1S/C17H22ClN3/c18-17-11-16(4-3-15(17)12-19)21-9-5-14(6-10-21)13-20-7-1-2-8-20/h3-4,11,14H,1-2,5-10,13H2. The maximum Gasteiger partial charge on any atom is 0.101 e. The van der Waals surface area contributed by atoms with E-state index in [2.05, 4.69) is 15.9 Å². The highest BCUT2D eigenvalue weighted by atomic mass is 35.5. The van der Waals surface area contributed by atoms with Gasteiger partial charge < -0.3 is 9.80 Å². The number of nitrogens with zero attached hydrogens (tertiary/aromatic N) is 3. The van der Waals surface area contributed by atoms with Gasteiger partial charge in [0.1, 0.15) is 6.07 Å². The van der Waals surface area contributed by atoms with Crippen molar-refractivity contribution in [3.8, 4) is 6.07 Å². The fraction of sp³-hybridized carbons (Fsp3) is 0.588. The minimum Gasteiger partial charge on any atom is -0.371 e. The van der Waals surface area contributed by atoms with Crippen molar-refractivity contribution in [1.29, 1.82) is 5.26 Å². The van der Waals surface area contributed by atoms with E-state index in [4.69, 9.17) is 16.9 Å². The van der Waals surface area contributed by atoms with E-state index in [0.29, 0.717) is 10.6 Å². The van der Waals surface area contributed by atoms with Crippen molar-refractivity contribution in [3.05, 3.63) is 28.8 Å². The number of benzene rings is 1. The summed E-state index contributed by atoms with van der Waals surface area (Å²) in [6.45, 7) is 6.07. The molecule has 0 bridgehead atoms. The summed E-state index contributed by atoms with van der Waals surface area (Å²) in [6, 6.07) is 7.89. The number of anilines is 1. The molecule has 0 saturated carbocycles. The molecule has 3 rings (SSSR count). The largest absolute Gasteiger partial charge is 0.371 e. The minimum atomic E-state index is 0.560. The van der Waals surface area contributed by atoms with Crippen LogP contribution in [0.25, 0.3) is 0 Å². The van der Waals surface area contributed by atoms with Crippen LogP contribution in [0.1, 0.15) is 31.2 Å². The number of rotatable bonds is 3. The Kier molecular flexibility index (Phi) is 4.67. The molecule has 0 amide bonds. The van der Waals surface area contributed by atoms with Crippen LogP contribution in [0.3, 0.4) is 0 Å². The Balaban J connectivity index is 1.55. The Morgan fingerprint density at radius 3 is 2.48 bits per heavy atom. The normalized spacial score (nSPS) is 20.7. The summed E-state index contributed by atoms with van der Waals surface area (Å²) in [6.07, 6.45) is 5.27. The van der Waals surface area contributed by atoms with Crippen LogP contribution in [0.15, 0.2) is 18.2 Å². The van der Waals surface area contributed by atoms with Crippen LogP contribution in [-0.4, -0.2) is 37.6 Å². The maximum atomic E-state index is 8.94. The van der Waals surface area contributed by atoms with Crippen LogP contribution in [0.4, 0.5) is 5.69 Å². The SMILES string of the molecule is N#Cc1ccc(N2CCC(CN3CCCC3)CC2)cc1Cl. The lowest BCUT2D eigenvalue weighted by atomic mass is 9.96. The summed E-state index contributed by atoms with van der Waals surface area (Å²) in [4.78, 5) is 5.02. The van der Waals surface area contributed by atoms with Gasteiger partial charge in [0.2, 0.25) is 0 Å². The van der Waals surface area contributed by atoms with Gasteiger partial charge in [-0.25, -0.2) is 0 Å². The van der Waals surface area contributed by atoms with Crippen molar-refractivity contribution in [2.75, 3.05) is 37.6 Å². The van der Waals surface area contributed by atoms with Crippen molar-refractivity contribution in [1.82, 2.24) is 4.90 Å². The van der Waals surface area contributed by atoms with Gasteiger partial charge in [0.15, 0.2) is 0 Å². The maximum absolute atomic E-state index is 8.94. The molecule has 0 unspecified atom stereocenters. The molecule has 112 valence electrons. The van der Waals surface area contributed by atoms with Gasteiger partial charge in [-0.1, -0.05) is 11.6 Å². The molecule has 0 atom stereocenters. The number of hydrogen-bond donors (Lipinski definition) is 0. The van der Waals surface area contributed by atoms with Crippen LogP contribution in [-0.2, 0) is 0 Å². The number of piperidine rings is 1. The average molecular weight is 304 g/mol. The zero-order valence-electron chi connectivity index (χ0n) is 12.4. The third-order valence-electron chi connectivity index (χ3n) is 4.77. The van der Waals surface area contributed by atoms with E-state index in [9.17, 15) is 0 Å². The average Bonchev–Trinajstić information content (AvgIpc) is 3.01. The molecule has 1 aromatic rings. The molecule has 0 aliphatic carbocycles. The van der Waals surface area contributed by atoms with Gasteiger partial charge in [-0.2, -0.15) is 5.26 Å².